The Hall–Kier alpha value is -4.19. The Morgan fingerprint density at radius 2 is 1.64 bits per heavy atom. The zero-order valence-electron chi connectivity index (χ0n) is 18.2. The van der Waals surface area contributed by atoms with Crippen molar-refractivity contribution in [1.29, 1.82) is 0 Å². The van der Waals surface area contributed by atoms with E-state index in [1.165, 1.54) is 0 Å². The van der Waals surface area contributed by atoms with E-state index in [-0.39, 0.29) is 17.7 Å². The fourth-order valence-electron chi connectivity index (χ4n) is 3.58. The molecule has 0 aliphatic heterocycles. The number of benzene rings is 3. The summed E-state index contributed by atoms with van der Waals surface area (Å²) in [4.78, 5) is 29.6. The molecular weight excluding hydrogens is 414 g/mol. The first-order valence-electron chi connectivity index (χ1n) is 10.9. The second-order valence-corrected chi connectivity index (χ2v) is 8.24. The van der Waals surface area contributed by atoms with Gasteiger partial charge in [0.25, 0.3) is 5.91 Å². The summed E-state index contributed by atoms with van der Waals surface area (Å²) in [6.07, 6.45) is 3.54. The number of nitrogens with one attached hydrogen (secondary N) is 2. The molecule has 2 N–H and O–H groups in total. The van der Waals surface area contributed by atoms with Crippen LogP contribution in [0.4, 0.5) is 11.4 Å². The van der Waals surface area contributed by atoms with Crippen molar-refractivity contribution >= 4 is 23.2 Å². The lowest BCUT2D eigenvalue weighted by atomic mass is 10.1. The number of anilines is 2. The molecule has 2 amide bonds. The third-order valence-corrected chi connectivity index (χ3v) is 5.58. The Balaban J connectivity index is 1.36. The highest BCUT2D eigenvalue weighted by molar-refractivity contribution is 6.08. The Labute approximate surface area is 191 Å². The predicted molar refractivity (Wildman–Crippen MR) is 128 cm³/mol. The van der Waals surface area contributed by atoms with E-state index >= 15 is 0 Å². The van der Waals surface area contributed by atoms with Gasteiger partial charge in [0.2, 0.25) is 11.8 Å². The number of rotatable bonds is 6. The second kappa shape index (κ2) is 8.74. The van der Waals surface area contributed by atoms with E-state index in [1.54, 1.807) is 36.5 Å². The lowest BCUT2D eigenvalue weighted by Gasteiger charge is -2.10. The zero-order chi connectivity index (χ0) is 22.8. The summed E-state index contributed by atoms with van der Waals surface area (Å²) in [5, 5.41) is 5.81. The third-order valence-electron chi connectivity index (χ3n) is 5.58. The molecule has 1 aliphatic rings. The number of nitrogens with zero attached hydrogens (tertiary/aromatic N) is 1. The van der Waals surface area contributed by atoms with Crippen LogP contribution >= 0.6 is 0 Å². The lowest BCUT2D eigenvalue weighted by Crippen LogP contribution is -2.15. The summed E-state index contributed by atoms with van der Waals surface area (Å²) in [6.45, 7) is 2.03. The van der Waals surface area contributed by atoms with Gasteiger partial charge in [-0.2, -0.15) is 0 Å². The van der Waals surface area contributed by atoms with Crippen LogP contribution in [0, 0.1) is 12.8 Å². The molecule has 4 aromatic rings. The molecule has 5 rings (SSSR count). The van der Waals surface area contributed by atoms with E-state index in [4.69, 9.17) is 4.42 Å². The Bertz CT molecular complexity index is 1320. The fraction of sp³-hybridized carbons (Fsp3) is 0.148. The first-order valence-corrected chi connectivity index (χ1v) is 10.9. The smallest absolute Gasteiger partial charge is 0.256 e. The van der Waals surface area contributed by atoms with Crippen molar-refractivity contribution in [2.24, 2.45) is 5.92 Å². The summed E-state index contributed by atoms with van der Waals surface area (Å²) >= 11 is 0. The van der Waals surface area contributed by atoms with Crippen molar-refractivity contribution < 1.29 is 14.0 Å². The van der Waals surface area contributed by atoms with Crippen LogP contribution in [0.3, 0.4) is 0 Å². The van der Waals surface area contributed by atoms with Crippen molar-refractivity contribution in [3.05, 3.63) is 90.1 Å². The summed E-state index contributed by atoms with van der Waals surface area (Å²) in [7, 11) is 0. The average molecular weight is 437 g/mol. The summed E-state index contributed by atoms with van der Waals surface area (Å²) in [6, 6.07) is 22.3. The van der Waals surface area contributed by atoms with Crippen molar-refractivity contribution in [3.8, 4) is 22.8 Å². The van der Waals surface area contributed by atoms with Crippen molar-refractivity contribution in [3.63, 3.8) is 0 Å². The highest BCUT2D eigenvalue weighted by Gasteiger charge is 2.29. The number of amides is 2. The first-order chi connectivity index (χ1) is 16.1. The van der Waals surface area contributed by atoms with E-state index in [0.717, 1.165) is 24.0 Å². The molecule has 0 saturated heterocycles. The Kier molecular flexibility index (Phi) is 5.48. The monoisotopic (exact) mass is 437 g/mol. The first kappa shape index (κ1) is 20.7. The largest absolute Gasteiger partial charge is 0.436 e. The molecule has 6 nitrogen and oxygen atoms in total. The molecule has 0 unspecified atom stereocenters. The summed E-state index contributed by atoms with van der Waals surface area (Å²) in [5.74, 6) is 0.866. The van der Waals surface area contributed by atoms with Crippen molar-refractivity contribution in [1.82, 2.24) is 4.98 Å². The van der Waals surface area contributed by atoms with Crippen LogP contribution in [-0.2, 0) is 4.79 Å². The van der Waals surface area contributed by atoms with Gasteiger partial charge in [0.15, 0.2) is 5.76 Å². The highest BCUT2D eigenvalue weighted by atomic mass is 16.4. The molecule has 1 heterocycles. The van der Waals surface area contributed by atoms with E-state index in [1.807, 2.05) is 49.4 Å². The van der Waals surface area contributed by atoms with Crippen LogP contribution in [0.15, 0.2) is 83.4 Å². The maximum absolute atomic E-state index is 13.1. The van der Waals surface area contributed by atoms with Crippen molar-refractivity contribution in [2.75, 3.05) is 10.6 Å². The van der Waals surface area contributed by atoms with E-state index in [2.05, 4.69) is 15.6 Å². The number of hydrogen-bond acceptors (Lipinski definition) is 4. The van der Waals surface area contributed by atoms with Gasteiger partial charge in [0.1, 0.15) is 0 Å². The molecule has 33 heavy (non-hydrogen) atoms. The molecule has 6 heteroatoms. The molecule has 3 aromatic carbocycles. The molecular formula is C27H23N3O3. The van der Waals surface area contributed by atoms with Gasteiger partial charge in [0, 0.05) is 28.4 Å². The molecule has 0 spiro atoms. The van der Waals surface area contributed by atoms with Crippen LogP contribution in [0.25, 0.3) is 22.8 Å². The van der Waals surface area contributed by atoms with Gasteiger partial charge >= 0.3 is 0 Å². The molecule has 1 fully saturated rings. The van der Waals surface area contributed by atoms with Crippen LogP contribution in [0.2, 0.25) is 0 Å². The molecule has 1 aromatic heterocycles. The molecule has 164 valence electrons. The van der Waals surface area contributed by atoms with Crippen LogP contribution in [0.1, 0.15) is 28.8 Å². The van der Waals surface area contributed by atoms with Gasteiger partial charge in [-0.25, -0.2) is 4.98 Å². The SMILES string of the molecule is Cc1ccc(-c2cnc(-c3ccccc3C(=O)Nc3cccc(NC(=O)C4CC4)c3)o2)cc1. The van der Waals surface area contributed by atoms with Gasteiger partial charge in [-0.3, -0.25) is 9.59 Å². The number of aryl methyl sites for hydroxylation is 1. The van der Waals surface area contributed by atoms with E-state index in [9.17, 15) is 9.59 Å². The number of carbonyl (C=O) groups is 2. The third kappa shape index (κ3) is 4.70. The van der Waals surface area contributed by atoms with Gasteiger partial charge in [-0.05, 0) is 50.1 Å². The fourth-order valence-corrected chi connectivity index (χ4v) is 3.58. The number of carbonyl (C=O) groups excluding carboxylic acids is 2. The number of aromatic nitrogens is 1. The second-order valence-electron chi connectivity index (χ2n) is 8.24. The van der Waals surface area contributed by atoms with Crippen molar-refractivity contribution in [2.45, 2.75) is 19.8 Å². The maximum atomic E-state index is 13.1. The summed E-state index contributed by atoms with van der Waals surface area (Å²) < 4.78 is 5.99. The standard InChI is InChI=1S/C27H23N3O3/c1-17-9-11-18(12-10-17)24-16-28-27(33-24)23-8-3-2-7-22(23)26(32)30-21-6-4-5-20(15-21)29-25(31)19-13-14-19/h2-12,15-16,19H,13-14H2,1H3,(H,29,31)(H,30,32). The summed E-state index contributed by atoms with van der Waals surface area (Å²) in [5.41, 5.74) is 4.39. The molecule has 1 saturated carbocycles. The van der Waals surface area contributed by atoms with Gasteiger partial charge < -0.3 is 15.1 Å². The minimum Gasteiger partial charge on any atom is -0.436 e. The minimum atomic E-state index is -0.286. The van der Waals surface area contributed by atoms with Crippen LogP contribution < -0.4 is 10.6 Å². The van der Waals surface area contributed by atoms with Crippen LogP contribution in [0.5, 0.6) is 0 Å². The van der Waals surface area contributed by atoms with E-state index < -0.39 is 0 Å². The normalized spacial score (nSPS) is 12.9. The topological polar surface area (TPSA) is 84.2 Å². The molecule has 1 aliphatic carbocycles. The van der Waals surface area contributed by atoms with Gasteiger partial charge in [0.05, 0.1) is 11.8 Å². The van der Waals surface area contributed by atoms with Crippen LogP contribution in [-0.4, -0.2) is 16.8 Å². The lowest BCUT2D eigenvalue weighted by molar-refractivity contribution is -0.117. The number of hydrogen-bond donors (Lipinski definition) is 2. The molecule has 0 atom stereocenters. The van der Waals surface area contributed by atoms with Gasteiger partial charge in [-0.15, -0.1) is 0 Å². The minimum absolute atomic E-state index is 0.0251. The predicted octanol–water partition coefficient (Wildman–Crippen LogP) is 5.92. The number of oxazole rings is 1. The zero-order valence-corrected chi connectivity index (χ0v) is 18.2. The van der Waals surface area contributed by atoms with E-state index in [0.29, 0.717) is 34.2 Å². The quantitative estimate of drug-likeness (QED) is 0.392. The molecule has 0 bridgehead atoms. The average Bonchev–Trinajstić information content (AvgIpc) is 3.57. The Morgan fingerprint density at radius 3 is 2.39 bits per heavy atom. The molecule has 0 radical (unpaired) electrons. The maximum Gasteiger partial charge on any atom is 0.256 e. The highest BCUT2D eigenvalue weighted by Crippen LogP contribution is 2.31. The van der Waals surface area contributed by atoms with Gasteiger partial charge in [-0.1, -0.05) is 48.0 Å². The Morgan fingerprint density at radius 1 is 0.909 bits per heavy atom.